The Balaban J connectivity index is 0.000000569. The number of likely N-dealkylation sites (N-methyl/N-ethyl adjacent to an activating group) is 2. The van der Waals surface area contributed by atoms with Crippen molar-refractivity contribution in [3.63, 3.8) is 0 Å². The summed E-state index contributed by atoms with van der Waals surface area (Å²) in [6.07, 6.45) is -0.521. The van der Waals surface area contributed by atoms with Crippen molar-refractivity contribution in [2.24, 2.45) is 5.92 Å². The number of hydrogen-bond donors (Lipinski definition) is 1. The zero-order valence-electron chi connectivity index (χ0n) is 20.3. The van der Waals surface area contributed by atoms with E-state index in [2.05, 4.69) is 22.4 Å². The quantitative estimate of drug-likeness (QED) is 0.504. The molecule has 0 bridgehead atoms. The number of rotatable bonds is 9. The summed E-state index contributed by atoms with van der Waals surface area (Å²) in [5.74, 6) is -1.69. The van der Waals surface area contributed by atoms with Gasteiger partial charge in [0.05, 0.1) is 12.1 Å². The van der Waals surface area contributed by atoms with E-state index in [1.54, 1.807) is 4.68 Å². The third kappa shape index (κ3) is 8.79. The van der Waals surface area contributed by atoms with Crippen LogP contribution in [0.25, 0.3) is 0 Å². The van der Waals surface area contributed by atoms with Crippen molar-refractivity contribution >= 4 is 0 Å². The number of halogens is 5. The van der Waals surface area contributed by atoms with Crippen LogP contribution in [-0.4, -0.2) is 67.2 Å². The highest BCUT2D eigenvalue weighted by molar-refractivity contribution is 5.34. The van der Waals surface area contributed by atoms with Crippen molar-refractivity contribution in [1.82, 2.24) is 20.0 Å². The van der Waals surface area contributed by atoms with Crippen LogP contribution in [0.4, 0.5) is 22.0 Å². The van der Waals surface area contributed by atoms with E-state index < -0.39 is 18.5 Å². The van der Waals surface area contributed by atoms with Crippen LogP contribution in [0.5, 0.6) is 0 Å². The van der Waals surface area contributed by atoms with Crippen molar-refractivity contribution in [2.75, 3.05) is 40.4 Å². The molecule has 0 aromatic carbocycles. The molecule has 1 aliphatic carbocycles. The molecular weight excluding hydrogens is 443 g/mol. The lowest BCUT2D eigenvalue weighted by Gasteiger charge is -2.29. The molecule has 1 saturated carbocycles. The van der Waals surface area contributed by atoms with E-state index in [1.807, 2.05) is 14.0 Å². The van der Waals surface area contributed by atoms with Gasteiger partial charge in [-0.2, -0.15) is 18.3 Å². The number of fused-ring (bicyclic) bond motifs is 1. The molecule has 1 N–H and O–H groups in total. The van der Waals surface area contributed by atoms with Gasteiger partial charge in [0.1, 0.15) is 6.54 Å². The molecule has 0 amide bonds. The van der Waals surface area contributed by atoms with Crippen molar-refractivity contribution in [3.8, 4) is 0 Å². The van der Waals surface area contributed by atoms with Crippen LogP contribution in [0.1, 0.15) is 68.8 Å². The van der Waals surface area contributed by atoms with Crippen molar-refractivity contribution in [1.29, 1.82) is 0 Å². The Morgan fingerprint density at radius 2 is 1.82 bits per heavy atom. The number of nitrogens with zero attached hydrogens (tertiary/aromatic N) is 3. The Bertz CT molecular complexity index is 714. The lowest BCUT2D eigenvalue weighted by molar-refractivity contribution is -0.130. The maximum atomic E-state index is 14.0. The topological polar surface area (TPSA) is 42.3 Å². The van der Waals surface area contributed by atoms with Gasteiger partial charge < -0.3 is 10.1 Å². The SMILES string of the molecule is CCC(F)(F)F.CCOCC1CCC(c2c(CN(C)CCNC)nn3c2CC(F)(F)C3)CC1. The predicted octanol–water partition coefficient (Wildman–Crippen LogP) is 4.99. The second-order valence-corrected chi connectivity index (χ2v) is 9.18. The summed E-state index contributed by atoms with van der Waals surface area (Å²) < 4.78 is 67.5. The molecule has 2 aliphatic rings. The first kappa shape index (κ1) is 28.0. The average molecular weight is 483 g/mol. The maximum Gasteiger partial charge on any atom is 0.388 e. The molecule has 0 atom stereocenters. The molecule has 1 aromatic rings. The third-order valence-electron chi connectivity index (χ3n) is 6.36. The van der Waals surface area contributed by atoms with E-state index in [9.17, 15) is 22.0 Å². The Kier molecular flexibility index (Phi) is 10.6. The first-order valence-corrected chi connectivity index (χ1v) is 11.9. The van der Waals surface area contributed by atoms with Crippen molar-refractivity contribution in [3.05, 3.63) is 17.0 Å². The zero-order valence-corrected chi connectivity index (χ0v) is 20.3. The molecule has 5 nitrogen and oxygen atoms in total. The first-order valence-electron chi connectivity index (χ1n) is 11.9. The Morgan fingerprint density at radius 1 is 1.18 bits per heavy atom. The summed E-state index contributed by atoms with van der Waals surface area (Å²) in [5.41, 5.74) is 2.91. The van der Waals surface area contributed by atoms with Crippen LogP contribution in [0, 0.1) is 5.92 Å². The molecule has 192 valence electrons. The molecule has 1 aromatic heterocycles. The third-order valence-corrected chi connectivity index (χ3v) is 6.36. The van der Waals surface area contributed by atoms with Crippen molar-refractivity contribution < 1.29 is 26.7 Å². The van der Waals surface area contributed by atoms with E-state index in [-0.39, 0.29) is 13.0 Å². The predicted molar refractivity (Wildman–Crippen MR) is 119 cm³/mol. The fourth-order valence-corrected chi connectivity index (χ4v) is 4.53. The zero-order chi connectivity index (χ0) is 24.6. The fourth-order valence-electron chi connectivity index (χ4n) is 4.53. The lowest BCUT2D eigenvalue weighted by Crippen LogP contribution is -2.28. The number of ether oxygens (including phenoxy) is 1. The molecule has 0 unspecified atom stereocenters. The highest BCUT2D eigenvalue weighted by Crippen LogP contribution is 2.42. The molecule has 33 heavy (non-hydrogen) atoms. The number of alkyl halides is 5. The monoisotopic (exact) mass is 482 g/mol. The summed E-state index contributed by atoms with van der Waals surface area (Å²) in [7, 11) is 4.01. The molecular formula is C23H39F5N4O. The summed E-state index contributed by atoms with van der Waals surface area (Å²) in [5, 5.41) is 7.78. The average Bonchev–Trinajstić information content (AvgIpc) is 3.21. The molecule has 1 aliphatic heterocycles. The number of hydrogen-bond acceptors (Lipinski definition) is 4. The Hall–Kier alpha value is -1.26. The highest BCUT2D eigenvalue weighted by atomic mass is 19.4. The largest absolute Gasteiger partial charge is 0.388 e. The molecule has 0 saturated heterocycles. The molecule has 1 fully saturated rings. The van der Waals surface area contributed by atoms with Crippen LogP contribution < -0.4 is 5.32 Å². The Morgan fingerprint density at radius 3 is 2.36 bits per heavy atom. The Labute approximate surface area is 194 Å². The lowest BCUT2D eigenvalue weighted by atomic mass is 9.78. The second-order valence-electron chi connectivity index (χ2n) is 9.18. The van der Waals surface area contributed by atoms with Gasteiger partial charge in [0.15, 0.2) is 0 Å². The molecule has 2 heterocycles. The van der Waals surface area contributed by atoms with Crippen LogP contribution in [0.15, 0.2) is 0 Å². The van der Waals surface area contributed by atoms with Crippen molar-refractivity contribution in [2.45, 2.75) is 83.5 Å². The van der Waals surface area contributed by atoms with E-state index in [4.69, 9.17) is 4.74 Å². The normalized spacial score (nSPS) is 22.2. The van der Waals surface area contributed by atoms with Gasteiger partial charge in [0.25, 0.3) is 5.92 Å². The minimum atomic E-state index is -3.96. The fraction of sp³-hybridized carbons (Fsp3) is 0.870. The van der Waals surface area contributed by atoms with Gasteiger partial charge in [-0.3, -0.25) is 9.58 Å². The number of aromatic nitrogens is 2. The second kappa shape index (κ2) is 12.4. The summed E-state index contributed by atoms with van der Waals surface area (Å²) in [6, 6.07) is 0. The maximum absolute atomic E-state index is 14.0. The van der Waals surface area contributed by atoms with E-state index in [1.165, 1.54) is 0 Å². The van der Waals surface area contributed by atoms with Crippen LogP contribution in [-0.2, 0) is 24.2 Å². The van der Waals surface area contributed by atoms with E-state index in [0.717, 1.165) is 82.4 Å². The summed E-state index contributed by atoms with van der Waals surface area (Å²) in [6.45, 7) is 6.97. The minimum Gasteiger partial charge on any atom is -0.381 e. The van der Waals surface area contributed by atoms with Gasteiger partial charge in [-0.05, 0) is 58.5 Å². The van der Waals surface area contributed by atoms with Crippen LogP contribution >= 0.6 is 0 Å². The molecule has 10 heteroatoms. The smallest absolute Gasteiger partial charge is 0.381 e. The van der Waals surface area contributed by atoms with Crippen LogP contribution in [0.2, 0.25) is 0 Å². The summed E-state index contributed by atoms with van der Waals surface area (Å²) in [4.78, 5) is 2.22. The molecule has 0 spiro atoms. The van der Waals surface area contributed by atoms with Gasteiger partial charge in [0.2, 0.25) is 0 Å². The van der Waals surface area contributed by atoms with E-state index >= 15 is 0 Å². The van der Waals surface area contributed by atoms with Gasteiger partial charge in [-0.1, -0.05) is 6.92 Å². The molecule has 3 rings (SSSR count). The minimum absolute atomic E-state index is 0.158. The van der Waals surface area contributed by atoms with Gasteiger partial charge in [0, 0.05) is 50.5 Å². The van der Waals surface area contributed by atoms with Gasteiger partial charge in [-0.15, -0.1) is 0 Å². The highest BCUT2D eigenvalue weighted by Gasteiger charge is 2.42. The number of nitrogens with one attached hydrogen (secondary N) is 1. The first-order chi connectivity index (χ1) is 15.5. The standard InChI is InChI=1S/C20H34F2N4O.C3H5F3/c1-4-27-13-15-5-7-16(8-6-15)19-17(12-25(3)10-9-23-2)24-26-14-20(21,22)11-18(19)26;1-2-3(4,5)6/h15-16,23H,4-14H2,1-3H3;2H2,1H3. The molecule has 0 radical (unpaired) electrons. The van der Waals surface area contributed by atoms with Gasteiger partial charge in [-0.25, -0.2) is 8.78 Å². The van der Waals surface area contributed by atoms with E-state index in [0.29, 0.717) is 11.8 Å². The van der Waals surface area contributed by atoms with Gasteiger partial charge >= 0.3 is 6.18 Å². The van der Waals surface area contributed by atoms with Crippen LogP contribution in [0.3, 0.4) is 0 Å². The summed E-state index contributed by atoms with van der Waals surface area (Å²) >= 11 is 0.